The summed E-state index contributed by atoms with van der Waals surface area (Å²) in [5, 5.41) is 31.4. The monoisotopic (exact) mass is 1080 g/mol. The largest absolute Gasteiger partial charge is 0.391 e. The molecular weight excluding hydrogens is 1000 g/mol. The molecule has 5 amide bonds. The molecule has 5 aliphatic rings. The molecule has 7 atom stereocenters. The number of amides is 5. The summed E-state index contributed by atoms with van der Waals surface area (Å²) in [6, 6.07) is 15.5. The number of aromatic nitrogens is 5. The number of piperidine rings is 1. The minimum atomic E-state index is -2.76. The number of rotatable bonds is 17. The smallest absolute Gasteiger partial charge is 0.276 e. The van der Waals surface area contributed by atoms with Crippen LogP contribution in [0, 0.1) is 35.5 Å². The van der Waals surface area contributed by atoms with Crippen molar-refractivity contribution in [3.63, 3.8) is 0 Å². The number of thiazole rings is 1. The Morgan fingerprint density at radius 1 is 0.961 bits per heavy atom. The topological polar surface area (TPSA) is 211 Å². The van der Waals surface area contributed by atoms with Crippen molar-refractivity contribution in [1.29, 1.82) is 0 Å². The first-order valence-electron chi connectivity index (χ1n) is 27.1. The molecule has 0 spiro atoms. The van der Waals surface area contributed by atoms with Gasteiger partial charge in [-0.25, -0.2) is 13.8 Å². The molecule has 77 heavy (non-hydrogen) atoms. The van der Waals surface area contributed by atoms with Crippen LogP contribution in [-0.4, -0.2) is 138 Å². The maximum Gasteiger partial charge on any atom is 0.276 e. The lowest BCUT2D eigenvalue weighted by Crippen LogP contribution is -2.58. The van der Waals surface area contributed by atoms with E-state index in [9.17, 15) is 37.9 Å². The van der Waals surface area contributed by atoms with Crippen LogP contribution in [0.3, 0.4) is 0 Å². The molecule has 0 bridgehead atoms. The van der Waals surface area contributed by atoms with Gasteiger partial charge in [0.05, 0.1) is 46.2 Å². The molecule has 3 aliphatic heterocycles. The predicted molar refractivity (Wildman–Crippen MR) is 287 cm³/mol. The lowest BCUT2D eigenvalue weighted by atomic mass is 9.85. The molecule has 0 radical (unpaired) electrons. The van der Waals surface area contributed by atoms with Crippen LogP contribution in [-0.2, 0) is 32.0 Å². The van der Waals surface area contributed by atoms with E-state index >= 15 is 0 Å². The summed E-state index contributed by atoms with van der Waals surface area (Å²) in [5.74, 6) is -4.48. The second kappa shape index (κ2) is 21.5. The zero-order chi connectivity index (χ0) is 54.6. The Morgan fingerprint density at radius 3 is 2.38 bits per heavy atom. The number of aromatic amines is 1. The summed E-state index contributed by atoms with van der Waals surface area (Å²) >= 11 is 1.57. The van der Waals surface area contributed by atoms with Crippen LogP contribution in [0.1, 0.15) is 124 Å². The lowest BCUT2D eigenvalue weighted by molar-refractivity contribution is -0.144. The summed E-state index contributed by atoms with van der Waals surface area (Å²) in [4.78, 5) is 79.6. The van der Waals surface area contributed by atoms with Gasteiger partial charge in [-0.3, -0.25) is 33.8 Å². The van der Waals surface area contributed by atoms with Crippen LogP contribution in [0.25, 0.3) is 10.4 Å². The van der Waals surface area contributed by atoms with E-state index in [2.05, 4.69) is 41.1 Å². The number of alkyl halides is 2. The average Bonchev–Trinajstić information content (AvgIpc) is 4.22. The maximum absolute atomic E-state index is 14.5. The molecule has 0 unspecified atom stereocenters. The van der Waals surface area contributed by atoms with Crippen LogP contribution in [0.4, 0.5) is 14.5 Å². The maximum atomic E-state index is 14.5. The van der Waals surface area contributed by atoms with Crippen molar-refractivity contribution in [2.75, 3.05) is 44.6 Å². The highest BCUT2D eigenvalue weighted by atomic mass is 32.1. The van der Waals surface area contributed by atoms with Gasteiger partial charge in [0.25, 0.3) is 11.8 Å². The Labute approximate surface area is 451 Å². The number of halogens is 2. The number of β-amino-alcohol motifs (C(OH)–C–C–N with tert-alkyl or cyclic N) is 1. The van der Waals surface area contributed by atoms with Gasteiger partial charge in [-0.2, -0.15) is 10.2 Å². The van der Waals surface area contributed by atoms with Crippen LogP contribution < -0.4 is 16.0 Å². The zero-order valence-electron chi connectivity index (χ0n) is 44.7. The molecular formula is C57H71F2N11O6S. The molecule has 5 N–H and O–H groups in total. The van der Waals surface area contributed by atoms with Crippen LogP contribution in [0.15, 0.2) is 72.5 Å². The first-order chi connectivity index (χ1) is 36.7. The number of aliphatic hydroxyl groups is 1. The molecule has 5 aromatic rings. The number of nitrogens with one attached hydrogen (secondary N) is 4. The number of hydrogen-bond donors (Lipinski definition) is 5. The SMILES string of the molecule is Cc1ncsc1-c1ccc([C@H](C)NC(=O)[C@@H]2C[C@@H](O)CN2C(=O)[C@@H](NC(=O)CCN2CCC(CCC(=O)N3CC([C@@H](c4ccccc4)n4cc(NC(=O)c5n[nH]c6c5C[C@@H]5C(F)(F)[C@]5(C)C6)cn4)C3)CC2)C(C)(C)C)cc1. The van der Waals surface area contributed by atoms with E-state index in [4.69, 9.17) is 0 Å². The highest BCUT2D eigenvalue weighted by Crippen LogP contribution is 2.70. The second-order valence-corrected chi connectivity index (χ2v) is 24.4. The van der Waals surface area contributed by atoms with Gasteiger partial charge in [-0.1, -0.05) is 82.3 Å². The fourth-order valence-electron chi connectivity index (χ4n) is 12.2. The highest BCUT2D eigenvalue weighted by Gasteiger charge is 2.78. The number of carbonyl (C=O) groups is 5. The minimum Gasteiger partial charge on any atom is -0.391 e. The van der Waals surface area contributed by atoms with E-state index in [0.29, 0.717) is 48.9 Å². The van der Waals surface area contributed by atoms with Crippen LogP contribution in [0.5, 0.6) is 0 Å². The molecule has 1 saturated carbocycles. The summed E-state index contributed by atoms with van der Waals surface area (Å²) < 4.78 is 30.9. The molecule has 10 rings (SSSR count). The molecule has 410 valence electrons. The number of anilines is 1. The number of hydrogen-bond acceptors (Lipinski definition) is 11. The summed E-state index contributed by atoms with van der Waals surface area (Å²) in [5.41, 5.74) is 5.70. The van der Waals surface area contributed by atoms with Crippen LogP contribution >= 0.6 is 11.3 Å². The number of fused-ring (bicyclic) bond motifs is 2. The van der Waals surface area contributed by atoms with Gasteiger partial charge in [0.15, 0.2) is 5.69 Å². The average molecular weight is 1080 g/mol. The fourth-order valence-corrected chi connectivity index (χ4v) is 13.1. The Bertz CT molecular complexity index is 2980. The van der Waals surface area contributed by atoms with Gasteiger partial charge in [0.2, 0.25) is 23.6 Å². The summed E-state index contributed by atoms with van der Waals surface area (Å²) in [6.07, 6.45) is 6.05. The first-order valence-corrected chi connectivity index (χ1v) is 28.0. The predicted octanol–water partition coefficient (Wildman–Crippen LogP) is 6.96. The van der Waals surface area contributed by atoms with Gasteiger partial charge in [-0.15, -0.1) is 11.3 Å². The van der Waals surface area contributed by atoms with E-state index in [-0.39, 0.29) is 73.6 Å². The van der Waals surface area contributed by atoms with Crippen molar-refractivity contribution >= 4 is 46.6 Å². The van der Waals surface area contributed by atoms with Gasteiger partial charge in [0, 0.05) is 86.6 Å². The van der Waals surface area contributed by atoms with E-state index in [0.717, 1.165) is 59.6 Å². The number of carbonyl (C=O) groups excluding carboxylic acids is 5. The number of likely N-dealkylation sites (tertiary alicyclic amines) is 3. The van der Waals surface area contributed by atoms with Crippen molar-refractivity contribution in [3.05, 3.63) is 106 Å². The third-order valence-corrected chi connectivity index (χ3v) is 18.2. The molecule has 20 heteroatoms. The molecule has 17 nitrogen and oxygen atoms in total. The normalized spacial score (nSPS) is 23.5. The highest BCUT2D eigenvalue weighted by molar-refractivity contribution is 7.13. The third kappa shape index (κ3) is 11.1. The molecule has 6 heterocycles. The number of aryl methyl sites for hydroxylation is 1. The number of nitrogens with zero attached hydrogens (tertiary/aromatic N) is 7. The van der Waals surface area contributed by atoms with Crippen molar-refractivity contribution in [3.8, 4) is 10.4 Å². The fraction of sp³-hybridized carbons (Fsp3) is 0.544. The van der Waals surface area contributed by atoms with E-state index in [1.54, 1.807) is 30.7 Å². The molecule has 2 aliphatic carbocycles. The zero-order valence-corrected chi connectivity index (χ0v) is 45.5. The number of benzene rings is 2. The van der Waals surface area contributed by atoms with E-state index < -0.39 is 52.7 Å². The molecule has 3 aromatic heterocycles. The Hall–Kier alpha value is -6.38. The molecule has 2 aromatic carbocycles. The number of aliphatic hydroxyl groups excluding tert-OH is 1. The third-order valence-electron chi connectivity index (χ3n) is 17.2. The second-order valence-electron chi connectivity index (χ2n) is 23.5. The number of H-pyrrole nitrogens is 1. The Morgan fingerprint density at radius 2 is 1.69 bits per heavy atom. The lowest BCUT2D eigenvalue weighted by Gasteiger charge is -2.44. The minimum absolute atomic E-state index is 0.00446. The standard InChI is InChI=1S/C57H71F2N11O6S/c1-33(36-13-15-38(16-14-36)50-34(2)60-32-77-50)62-52(74)44-24-41(71)31-69(44)54(76)51(55(3,4)5)64-46(72)20-23-67-21-18-35(19-22-67)12-17-47(73)68-28-39(29-68)49(37-10-8-7-9-11-37)70-30-40(27-61-70)63-53(75)48-42-25-45-56(6,57(45,58)59)26-43(42)65-66-48/h7-11,13-16,27,30,32-33,35,39,41,44-45,49,51,71H,12,17-26,28-29,31H2,1-6H3,(H,62,74)(H,63,75)(H,64,72)(H,65,66)/t33-,41+,44-,45-,49+,51+,56+/m0/s1. The molecule has 4 fully saturated rings. The van der Waals surface area contributed by atoms with Crippen molar-refractivity contribution < 1.29 is 37.9 Å². The van der Waals surface area contributed by atoms with Gasteiger partial charge in [-0.05, 0) is 80.6 Å². The quantitative estimate of drug-likeness (QED) is 0.0646. The Kier molecular flexibility index (Phi) is 15.0. The molecule has 3 saturated heterocycles. The van der Waals surface area contributed by atoms with Gasteiger partial charge in [0.1, 0.15) is 12.1 Å². The summed E-state index contributed by atoms with van der Waals surface area (Å²) in [7, 11) is 0. The Balaban J connectivity index is 0.659. The van der Waals surface area contributed by atoms with Gasteiger partial charge >= 0.3 is 0 Å². The van der Waals surface area contributed by atoms with Crippen LogP contribution in [0.2, 0.25) is 0 Å². The van der Waals surface area contributed by atoms with Gasteiger partial charge < -0.3 is 35.8 Å². The summed E-state index contributed by atoms with van der Waals surface area (Å²) in [6.45, 7) is 14.3. The van der Waals surface area contributed by atoms with E-state index in [1.807, 2.05) is 104 Å². The van der Waals surface area contributed by atoms with Crippen molar-refractivity contribution in [1.82, 2.24) is 50.3 Å². The first kappa shape index (κ1) is 54.0. The van der Waals surface area contributed by atoms with E-state index in [1.165, 1.54) is 4.90 Å². The van der Waals surface area contributed by atoms with Crippen molar-refractivity contribution in [2.45, 2.75) is 129 Å². The van der Waals surface area contributed by atoms with Crippen molar-refractivity contribution in [2.24, 2.45) is 28.6 Å².